The van der Waals surface area contributed by atoms with Crippen molar-refractivity contribution in [3.8, 4) is 0 Å². The summed E-state index contributed by atoms with van der Waals surface area (Å²) in [6.07, 6.45) is 2.78. The fourth-order valence-electron chi connectivity index (χ4n) is 0.844. The van der Waals surface area contributed by atoms with Gasteiger partial charge in [-0.15, -0.1) is 0 Å². The highest BCUT2D eigenvalue weighted by Crippen LogP contribution is 2.12. The molecule has 0 saturated heterocycles. The molecule has 0 heterocycles. The molecule has 0 aromatic heterocycles. The van der Waals surface area contributed by atoms with Crippen molar-refractivity contribution in [2.75, 3.05) is 0 Å². The summed E-state index contributed by atoms with van der Waals surface area (Å²) in [5.41, 5.74) is 1.84. The summed E-state index contributed by atoms with van der Waals surface area (Å²) in [5, 5.41) is 8.83. The number of hydrogen-bond acceptors (Lipinski definition) is 1. The third-order valence-corrected chi connectivity index (χ3v) is 1.97. The van der Waals surface area contributed by atoms with Crippen molar-refractivity contribution in [1.29, 1.82) is 0 Å². The smallest absolute Gasteiger partial charge is 0.0682 e. The van der Waals surface area contributed by atoms with Gasteiger partial charge in [-0.3, -0.25) is 0 Å². The summed E-state index contributed by atoms with van der Waals surface area (Å²) < 4.78 is 1.10. The molecule has 1 aromatic rings. The molecule has 0 spiro atoms. The highest BCUT2D eigenvalue weighted by molar-refractivity contribution is 14.1. The van der Waals surface area contributed by atoms with Gasteiger partial charge < -0.3 is 5.11 Å². The van der Waals surface area contributed by atoms with Crippen LogP contribution in [0.2, 0.25) is 0 Å². The molecule has 0 aliphatic heterocycles. The van der Waals surface area contributed by atoms with Gasteiger partial charge in [-0.2, -0.15) is 0 Å². The van der Waals surface area contributed by atoms with Crippen LogP contribution in [0, 0.1) is 9.65 Å². The molecule has 1 rings (SSSR count). The molecule has 0 bridgehead atoms. The Hall–Kier alpha value is -0.350. The van der Waals surface area contributed by atoms with Crippen molar-refractivity contribution in [3.05, 3.63) is 45.6 Å². The fraction of sp³-hybridized carbons (Fsp3) is 0.111. The van der Waals surface area contributed by atoms with Crippen LogP contribution < -0.4 is 0 Å². The van der Waals surface area contributed by atoms with E-state index in [1.807, 2.05) is 18.2 Å². The maximum absolute atomic E-state index is 8.83. The molecule has 1 nitrogen and oxygen atoms in total. The first kappa shape index (κ1) is 8.74. The van der Waals surface area contributed by atoms with E-state index < -0.39 is 0 Å². The van der Waals surface area contributed by atoms with Crippen molar-refractivity contribution in [2.45, 2.75) is 6.61 Å². The van der Waals surface area contributed by atoms with E-state index in [0.717, 1.165) is 14.7 Å². The van der Waals surface area contributed by atoms with Crippen molar-refractivity contribution < 1.29 is 5.11 Å². The molecule has 1 N–H and O–H groups in total. The minimum Gasteiger partial charge on any atom is -0.392 e. The molecule has 1 radical (unpaired) electrons. The summed E-state index contributed by atoms with van der Waals surface area (Å²) in [5.74, 6) is 0. The minimum atomic E-state index is 0.0749. The van der Waals surface area contributed by atoms with Crippen LogP contribution in [0.1, 0.15) is 11.1 Å². The summed E-state index contributed by atoms with van der Waals surface area (Å²) in [4.78, 5) is 0. The van der Waals surface area contributed by atoms with Gasteiger partial charge in [0.05, 0.1) is 6.61 Å². The monoisotopic (exact) mass is 259 g/mol. The Kier molecular flexibility index (Phi) is 3.08. The number of benzene rings is 1. The van der Waals surface area contributed by atoms with Crippen LogP contribution in [-0.4, -0.2) is 5.11 Å². The molecule has 0 atom stereocenters. The maximum atomic E-state index is 8.83. The Bertz CT molecular complexity index is 268. The first-order valence-corrected chi connectivity index (χ1v) is 4.27. The van der Waals surface area contributed by atoms with E-state index in [9.17, 15) is 0 Å². The standard InChI is InChI=1S/C9H8IO/c1-2-7-3-8(6-11)5-9(10)4-7/h3-5,11H,1,6H2. The second kappa shape index (κ2) is 3.88. The average molecular weight is 259 g/mol. The Morgan fingerprint density at radius 3 is 2.73 bits per heavy atom. The van der Waals surface area contributed by atoms with Gasteiger partial charge in [-0.25, -0.2) is 0 Å². The van der Waals surface area contributed by atoms with E-state index in [0.29, 0.717) is 0 Å². The van der Waals surface area contributed by atoms with Crippen LogP contribution in [0.25, 0.3) is 0 Å². The molecule has 11 heavy (non-hydrogen) atoms. The minimum absolute atomic E-state index is 0.0749. The summed E-state index contributed by atoms with van der Waals surface area (Å²) in [6, 6.07) is 5.77. The van der Waals surface area contributed by atoms with E-state index in [1.165, 1.54) is 0 Å². The first-order chi connectivity index (χ1) is 5.26. The van der Waals surface area contributed by atoms with E-state index in [2.05, 4.69) is 35.2 Å². The zero-order valence-corrected chi connectivity index (χ0v) is 8.13. The quantitative estimate of drug-likeness (QED) is 0.806. The highest BCUT2D eigenvalue weighted by Gasteiger charge is 1.94. The number of aliphatic hydroxyl groups is 1. The lowest BCUT2D eigenvalue weighted by atomic mass is 10.1. The van der Waals surface area contributed by atoms with Crippen molar-refractivity contribution in [3.63, 3.8) is 0 Å². The van der Waals surface area contributed by atoms with Crippen molar-refractivity contribution >= 4 is 22.6 Å². The van der Waals surface area contributed by atoms with Crippen LogP contribution in [-0.2, 0) is 6.61 Å². The Morgan fingerprint density at radius 1 is 1.45 bits per heavy atom. The first-order valence-electron chi connectivity index (χ1n) is 3.19. The third kappa shape index (κ3) is 2.31. The van der Waals surface area contributed by atoms with E-state index >= 15 is 0 Å². The molecule has 57 valence electrons. The number of aliphatic hydroxyl groups excluding tert-OH is 1. The number of halogens is 1. The number of rotatable bonds is 2. The second-order valence-corrected chi connectivity index (χ2v) is 3.43. The normalized spacial score (nSPS) is 9.64. The van der Waals surface area contributed by atoms with Crippen molar-refractivity contribution in [1.82, 2.24) is 0 Å². The van der Waals surface area contributed by atoms with Crippen LogP contribution in [0.4, 0.5) is 0 Å². The third-order valence-electron chi connectivity index (χ3n) is 1.34. The van der Waals surface area contributed by atoms with Crippen LogP contribution in [0.3, 0.4) is 0 Å². The Labute approximate surface area is 79.9 Å². The molecular formula is C9H8IO. The molecular weight excluding hydrogens is 251 g/mol. The van der Waals surface area contributed by atoms with Crippen LogP contribution in [0.5, 0.6) is 0 Å². The van der Waals surface area contributed by atoms with Gasteiger partial charge in [0.2, 0.25) is 0 Å². The Morgan fingerprint density at radius 2 is 2.18 bits per heavy atom. The molecule has 0 fully saturated rings. The summed E-state index contributed by atoms with van der Waals surface area (Å²) in [6.45, 7) is 3.61. The molecule has 0 aliphatic rings. The Balaban J connectivity index is 3.11. The molecule has 0 amide bonds. The fourth-order valence-corrected chi connectivity index (χ4v) is 1.58. The van der Waals surface area contributed by atoms with E-state index in [1.54, 1.807) is 0 Å². The van der Waals surface area contributed by atoms with Gasteiger partial charge in [0.1, 0.15) is 0 Å². The summed E-state index contributed by atoms with van der Waals surface area (Å²) >= 11 is 2.20. The highest BCUT2D eigenvalue weighted by atomic mass is 127. The molecule has 0 saturated carbocycles. The van der Waals surface area contributed by atoms with Gasteiger partial charge in [0, 0.05) is 3.57 Å². The number of hydrogen-bond donors (Lipinski definition) is 1. The van der Waals surface area contributed by atoms with E-state index in [-0.39, 0.29) is 6.61 Å². The predicted octanol–water partition coefficient (Wildman–Crippen LogP) is 2.12. The molecule has 1 aromatic carbocycles. The molecule has 0 aliphatic carbocycles. The van der Waals surface area contributed by atoms with Gasteiger partial charge >= 0.3 is 0 Å². The lowest BCUT2D eigenvalue weighted by molar-refractivity contribution is 0.281. The van der Waals surface area contributed by atoms with E-state index in [4.69, 9.17) is 5.11 Å². The largest absolute Gasteiger partial charge is 0.392 e. The molecule has 2 heteroatoms. The molecule has 0 unspecified atom stereocenters. The van der Waals surface area contributed by atoms with Crippen LogP contribution >= 0.6 is 22.6 Å². The maximum Gasteiger partial charge on any atom is 0.0682 e. The SMILES string of the molecule is C=[C]c1cc(I)cc(CO)c1. The van der Waals surface area contributed by atoms with Gasteiger partial charge in [-0.1, -0.05) is 6.58 Å². The zero-order chi connectivity index (χ0) is 8.27. The predicted molar refractivity (Wildman–Crippen MR) is 53.1 cm³/mol. The van der Waals surface area contributed by atoms with Gasteiger partial charge in [-0.05, 0) is 58.0 Å². The zero-order valence-electron chi connectivity index (χ0n) is 5.97. The lowest BCUT2D eigenvalue weighted by Gasteiger charge is -1.99. The second-order valence-electron chi connectivity index (χ2n) is 2.18. The average Bonchev–Trinajstić information content (AvgIpc) is 2.03. The van der Waals surface area contributed by atoms with Gasteiger partial charge in [0.15, 0.2) is 0 Å². The lowest BCUT2D eigenvalue weighted by Crippen LogP contribution is -1.86. The topological polar surface area (TPSA) is 20.2 Å². The summed E-state index contributed by atoms with van der Waals surface area (Å²) in [7, 11) is 0. The van der Waals surface area contributed by atoms with Gasteiger partial charge in [0.25, 0.3) is 0 Å². The van der Waals surface area contributed by atoms with Crippen LogP contribution in [0.15, 0.2) is 24.8 Å². The van der Waals surface area contributed by atoms with Crippen molar-refractivity contribution in [2.24, 2.45) is 0 Å².